The van der Waals surface area contributed by atoms with Gasteiger partial charge in [-0.1, -0.05) is 35.0 Å². The van der Waals surface area contributed by atoms with E-state index in [2.05, 4.69) is 10.2 Å². The van der Waals surface area contributed by atoms with Crippen molar-refractivity contribution in [1.29, 1.82) is 0 Å². The maximum absolute atomic E-state index is 11.6. The lowest BCUT2D eigenvalue weighted by molar-refractivity contribution is 0.101. The summed E-state index contributed by atoms with van der Waals surface area (Å²) >= 11 is 13.6. The molecule has 0 aliphatic carbocycles. The van der Waals surface area contributed by atoms with Gasteiger partial charge in [0.15, 0.2) is 11.6 Å². The van der Waals surface area contributed by atoms with Gasteiger partial charge < -0.3 is 10.6 Å². The highest BCUT2D eigenvalue weighted by Gasteiger charge is 2.16. The van der Waals surface area contributed by atoms with Crippen molar-refractivity contribution < 1.29 is 9.53 Å². The molecule has 0 aliphatic rings. The van der Waals surface area contributed by atoms with Crippen LogP contribution >= 0.6 is 35.0 Å². The number of hydrogen-bond acceptors (Lipinski definition) is 6. The first-order valence-electron chi connectivity index (χ1n) is 7.87. The SMILES string of the molecule is COc1ccc(C(C)=O)cc1CSc1nnc(-c2cc(Cl)ccc2Cl)n1N. The number of carbonyl (C=O) groups excluding carboxylic acids is 1. The highest BCUT2D eigenvalue weighted by Crippen LogP contribution is 2.32. The van der Waals surface area contributed by atoms with Crippen molar-refractivity contribution in [3.63, 3.8) is 0 Å². The van der Waals surface area contributed by atoms with Gasteiger partial charge in [-0.25, -0.2) is 4.68 Å². The van der Waals surface area contributed by atoms with Crippen LogP contribution in [-0.4, -0.2) is 27.8 Å². The summed E-state index contributed by atoms with van der Waals surface area (Å²) in [6.45, 7) is 1.52. The molecule has 0 bridgehead atoms. The lowest BCUT2D eigenvalue weighted by atomic mass is 10.1. The number of nitrogens with zero attached hydrogens (tertiary/aromatic N) is 3. The second-order valence-electron chi connectivity index (χ2n) is 5.67. The van der Waals surface area contributed by atoms with Gasteiger partial charge in [0.05, 0.1) is 12.1 Å². The molecule has 0 aliphatic heterocycles. The Morgan fingerprint density at radius 3 is 2.70 bits per heavy atom. The fourth-order valence-electron chi connectivity index (χ4n) is 2.48. The maximum Gasteiger partial charge on any atom is 0.210 e. The molecular weight excluding hydrogens is 407 g/mol. The molecule has 0 unspecified atom stereocenters. The number of thioether (sulfide) groups is 1. The van der Waals surface area contributed by atoms with Crippen molar-refractivity contribution in [1.82, 2.24) is 14.9 Å². The van der Waals surface area contributed by atoms with Crippen LogP contribution in [0.25, 0.3) is 11.4 Å². The van der Waals surface area contributed by atoms with Gasteiger partial charge in [0.1, 0.15) is 5.75 Å². The summed E-state index contributed by atoms with van der Waals surface area (Å²) in [5.41, 5.74) is 2.08. The van der Waals surface area contributed by atoms with E-state index >= 15 is 0 Å². The van der Waals surface area contributed by atoms with E-state index in [9.17, 15) is 4.79 Å². The molecule has 140 valence electrons. The normalized spacial score (nSPS) is 10.8. The topological polar surface area (TPSA) is 83.0 Å². The number of nitrogen functional groups attached to an aromatic ring is 1. The molecule has 1 aromatic heterocycles. The average Bonchev–Trinajstić information content (AvgIpc) is 3.02. The van der Waals surface area contributed by atoms with Gasteiger partial charge in [0, 0.05) is 27.5 Å². The van der Waals surface area contributed by atoms with Gasteiger partial charge in [0.2, 0.25) is 5.16 Å². The van der Waals surface area contributed by atoms with E-state index < -0.39 is 0 Å². The minimum atomic E-state index is -0.0104. The number of halogens is 2. The van der Waals surface area contributed by atoms with Crippen LogP contribution in [0.4, 0.5) is 0 Å². The lowest BCUT2D eigenvalue weighted by Gasteiger charge is -2.10. The van der Waals surface area contributed by atoms with Crippen LogP contribution in [0.15, 0.2) is 41.6 Å². The highest BCUT2D eigenvalue weighted by molar-refractivity contribution is 7.98. The van der Waals surface area contributed by atoms with Crippen LogP contribution in [0.2, 0.25) is 10.0 Å². The molecule has 2 N–H and O–H groups in total. The Labute approximate surface area is 170 Å². The van der Waals surface area contributed by atoms with Gasteiger partial charge in [-0.3, -0.25) is 4.79 Å². The zero-order valence-corrected chi connectivity index (χ0v) is 16.9. The minimum Gasteiger partial charge on any atom is -0.496 e. The van der Waals surface area contributed by atoms with Crippen molar-refractivity contribution >= 4 is 40.7 Å². The van der Waals surface area contributed by atoms with Crippen LogP contribution in [-0.2, 0) is 5.75 Å². The summed E-state index contributed by atoms with van der Waals surface area (Å²) in [6.07, 6.45) is 0. The van der Waals surface area contributed by atoms with Crippen LogP contribution < -0.4 is 10.6 Å². The number of rotatable bonds is 6. The van der Waals surface area contributed by atoms with Crippen molar-refractivity contribution in [2.24, 2.45) is 0 Å². The van der Waals surface area contributed by atoms with Crippen LogP contribution in [0, 0.1) is 0 Å². The third-order valence-electron chi connectivity index (χ3n) is 3.88. The van der Waals surface area contributed by atoms with E-state index in [1.807, 2.05) is 0 Å². The van der Waals surface area contributed by atoms with Gasteiger partial charge in [-0.2, -0.15) is 0 Å². The van der Waals surface area contributed by atoms with Crippen LogP contribution in [0.1, 0.15) is 22.8 Å². The summed E-state index contributed by atoms with van der Waals surface area (Å²) in [5.74, 6) is 7.74. The molecular formula is C18H16Cl2N4O2S. The number of hydrogen-bond donors (Lipinski definition) is 1. The molecule has 1 heterocycles. The minimum absolute atomic E-state index is 0.0104. The van der Waals surface area contributed by atoms with E-state index in [0.29, 0.717) is 43.7 Å². The van der Waals surface area contributed by atoms with Crippen LogP contribution in [0.5, 0.6) is 5.75 Å². The molecule has 9 heteroatoms. The predicted octanol–water partition coefficient (Wildman–Crippen LogP) is 4.47. The third kappa shape index (κ3) is 4.21. The van der Waals surface area contributed by atoms with Crippen molar-refractivity contribution in [3.05, 3.63) is 57.6 Å². The average molecular weight is 423 g/mol. The zero-order valence-electron chi connectivity index (χ0n) is 14.6. The molecule has 6 nitrogen and oxygen atoms in total. The van der Waals surface area contributed by atoms with E-state index in [1.54, 1.807) is 43.5 Å². The Morgan fingerprint density at radius 1 is 1.22 bits per heavy atom. The molecule has 0 amide bonds. The molecule has 3 aromatic rings. The number of nitrogens with two attached hydrogens (primary N) is 1. The van der Waals surface area contributed by atoms with Crippen molar-refractivity contribution in [2.45, 2.75) is 17.8 Å². The second-order valence-corrected chi connectivity index (χ2v) is 7.46. The molecule has 0 fully saturated rings. The number of ketones is 1. The first-order chi connectivity index (χ1) is 12.9. The van der Waals surface area contributed by atoms with Gasteiger partial charge in [0.25, 0.3) is 0 Å². The number of benzene rings is 2. The van der Waals surface area contributed by atoms with E-state index in [4.69, 9.17) is 33.8 Å². The molecule has 0 saturated carbocycles. The van der Waals surface area contributed by atoms with Gasteiger partial charge in [-0.05, 0) is 43.3 Å². The van der Waals surface area contributed by atoms with Gasteiger partial charge >= 0.3 is 0 Å². The first-order valence-corrected chi connectivity index (χ1v) is 9.61. The van der Waals surface area contributed by atoms with Crippen molar-refractivity contribution in [2.75, 3.05) is 13.0 Å². The third-order valence-corrected chi connectivity index (χ3v) is 5.43. The summed E-state index contributed by atoms with van der Waals surface area (Å²) in [7, 11) is 1.58. The monoisotopic (exact) mass is 422 g/mol. The lowest BCUT2D eigenvalue weighted by Crippen LogP contribution is -2.11. The first kappa shape index (κ1) is 19.5. The number of carbonyl (C=O) groups is 1. The second kappa shape index (κ2) is 8.21. The maximum atomic E-state index is 11.6. The number of ether oxygens (including phenoxy) is 1. The van der Waals surface area contributed by atoms with E-state index in [1.165, 1.54) is 23.4 Å². The zero-order chi connectivity index (χ0) is 19.6. The Morgan fingerprint density at radius 2 is 2.00 bits per heavy atom. The largest absolute Gasteiger partial charge is 0.496 e. The Bertz CT molecular complexity index is 1010. The quantitative estimate of drug-likeness (QED) is 0.358. The van der Waals surface area contributed by atoms with Crippen LogP contribution in [0.3, 0.4) is 0 Å². The highest BCUT2D eigenvalue weighted by atomic mass is 35.5. The van der Waals surface area contributed by atoms with Gasteiger partial charge in [-0.15, -0.1) is 10.2 Å². The molecule has 0 radical (unpaired) electrons. The Kier molecular flexibility index (Phi) is 5.94. The number of Topliss-reactive ketones (excluding diaryl/α,β-unsaturated/α-hetero) is 1. The number of methoxy groups -OCH3 is 1. The molecule has 0 atom stereocenters. The van der Waals surface area contributed by atoms with E-state index in [0.717, 1.165) is 5.56 Å². The Hall–Kier alpha value is -2.22. The molecule has 2 aromatic carbocycles. The predicted molar refractivity (Wildman–Crippen MR) is 108 cm³/mol. The summed E-state index contributed by atoms with van der Waals surface area (Å²) in [4.78, 5) is 11.6. The summed E-state index contributed by atoms with van der Waals surface area (Å²) < 4.78 is 6.74. The Balaban J connectivity index is 1.86. The fourth-order valence-corrected chi connectivity index (χ4v) is 3.69. The van der Waals surface area contributed by atoms with Crippen molar-refractivity contribution in [3.8, 4) is 17.1 Å². The molecule has 0 saturated heterocycles. The fraction of sp³-hybridized carbons (Fsp3) is 0.167. The molecule has 3 rings (SSSR count). The molecule has 27 heavy (non-hydrogen) atoms. The number of aromatic nitrogens is 3. The molecule has 0 spiro atoms. The smallest absolute Gasteiger partial charge is 0.210 e. The standard InChI is InChI=1S/C18H16Cl2N4O2S/c1-10(25)11-3-6-16(26-2)12(7-11)9-27-18-23-22-17(24(18)21)14-8-13(19)4-5-15(14)20/h3-8H,9,21H2,1-2H3. The summed E-state index contributed by atoms with van der Waals surface area (Å²) in [5, 5.41) is 9.76. The summed E-state index contributed by atoms with van der Waals surface area (Å²) in [6, 6.07) is 10.4. The van der Waals surface area contributed by atoms with E-state index in [-0.39, 0.29) is 5.78 Å².